The van der Waals surface area contributed by atoms with Crippen LogP contribution in [0.25, 0.3) is 0 Å². The normalized spacial score (nSPS) is 12.0. The summed E-state index contributed by atoms with van der Waals surface area (Å²) in [7, 11) is 0. The van der Waals surface area contributed by atoms with E-state index in [0.717, 1.165) is 5.56 Å². The summed E-state index contributed by atoms with van der Waals surface area (Å²) in [6.45, 7) is 3.86. The van der Waals surface area contributed by atoms with E-state index < -0.39 is 17.9 Å². The highest BCUT2D eigenvalue weighted by atomic mass is 35.5. The van der Waals surface area contributed by atoms with Crippen molar-refractivity contribution in [3.63, 3.8) is 0 Å². The molecule has 1 rings (SSSR count). The first-order chi connectivity index (χ1) is 10.5. The zero-order valence-corrected chi connectivity index (χ0v) is 14.6. The summed E-state index contributed by atoms with van der Waals surface area (Å²) in [4.78, 5) is 24.5. The molecule has 1 aromatic rings. The van der Waals surface area contributed by atoms with Gasteiger partial charge in [-0.2, -0.15) is 11.8 Å². The molecule has 0 aliphatic carbocycles. The maximum absolute atomic E-state index is 12.3. The van der Waals surface area contributed by atoms with E-state index in [-0.39, 0.29) is 19.1 Å². The van der Waals surface area contributed by atoms with Crippen molar-refractivity contribution in [2.45, 2.75) is 19.8 Å². The van der Waals surface area contributed by atoms with Gasteiger partial charge in [-0.1, -0.05) is 23.7 Å². The van der Waals surface area contributed by atoms with E-state index in [4.69, 9.17) is 21.1 Å². The second kappa shape index (κ2) is 9.74. The van der Waals surface area contributed by atoms with Crippen molar-refractivity contribution in [1.82, 2.24) is 0 Å². The Bertz CT molecular complexity index is 489. The molecule has 6 heteroatoms. The van der Waals surface area contributed by atoms with Crippen LogP contribution < -0.4 is 0 Å². The average molecular weight is 345 g/mol. The van der Waals surface area contributed by atoms with Crippen LogP contribution in [0.2, 0.25) is 5.02 Å². The first-order valence-electron chi connectivity index (χ1n) is 7.12. The SMILES string of the molecule is CCOC(=O)C(C(=O)OCC)C(CSC)c1cccc(Cl)c1. The zero-order chi connectivity index (χ0) is 16.5. The van der Waals surface area contributed by atoms with E-state index in [0.29, 0.717) is 10.8 Å². The summed E-state index contributed by atoms with van der Waals surface area (Å²) in [6.07, 6.45) is 1.92. The Hall–Kier alpha value is -1.20. The van der Waals surface area contributed by atoms with Gasteiger partial charge in [-0.3, -0.25) is 9.59 Å². The van der Waals surface area contributed by atoms with Crippen molar-refractivity contribution in [3.05, 3.63) is 34.9 Å². The number of ether oxygens (including phenoxy) is 2. The van der Waals surface area contributed by atoms with Crippen molar-refractivity contribution < 1.29 is 19.1 Å². The van der Waals surface area contributed by atoms with Gasteiger partial charge >= 0.3 is 11.9 Å². The maximum Gasteiger partial charge on any atom is 0.320 e. The molecule has 0 aliphatic heterocycles. The molecule has 0 saturated heterocycles. The first kappa shape index (κ1) is 18.8. The first-order valence-corrected chi connectivity index (χ1v) is 8.89. The Morgan fingerprint density at radius 2 is 1.77 bits per heavy atom. The van der Waals surface area contributed by atoms with Crippen LogP contribution in [0.15, 0.2) is 24.3 Å². The topological polar surface area (TPSA) is 52.6 Å². The van der Waals surface area contributed by atoms with E-state index in [2.05, 4.69) is 0 Å². The highest BCUT2D eigenvalue weighted by Gasteiger charge is 2.38. The maximum atomic E-state index is 12.3. The van der Waals surface area contributed by atoms with Gasteiger partial charge in [0.25, 0.3) is 0 Å². The molecule has 0 N–H and O–H groups in total. The minimum absolute atomic E-state index is 0.219. The van der Waals surface area contributed by atoms with Crippen LogP contribution in [0, 0.1) is 5.92 Å². The summed E-state index contributed by atoms with van der Waals surface area (Å²) in [6, 6.07) is 7.19. The van der Waals surface area contributed by atoms with E-state index in [1.54, 1.807) is 43.8 Å². The van der Waals surface area contributed by atoms with Crippen molar-refractivity contribution in [1.29, 1.82) is 0 Å². The number of halogens is 1. The van der Waals surface area contributed by atoms with Gasteiger partial charge in [0, 0.05) is 16.7 Å². The number of hydrogen-bond acceptors (Lipinski definition) is 5. The molecular weight excluding hydrogens is 324 g/mol. The Labute approximate surface area is 140 Å². The Morgan fingerprint density at radius 1 is 1.18 bits per heavy atom. The smallest absolute Gasteiger partial charge is 0.320 e. The molecule has 1 atom stereocenters. The lowest BCUT2D eigenvalue weighted by Crippen LogP contribution is -2.34. The van der Waals surface area contributed by atoms with E-state index in [1.165, 1.54) is 0 Å². The number of hydrogen-bond donors (Lipinski definition) is 0. The molecule has 0 fully saturated rings. The quantitative estimate of drug-likeness (QED) is 0.533. The highest BCUT2D eigenvalue weighted by molar-refractivity contribution is 7.98. The Morgan fingerprint density at radius 3 is 2.23 bits per heavy atom. The van der Waals surface area contributed by atoms with Crippen molar-refractivity contribution in [3.8, 4) is 0 Å². The molecule has 122 valence electrons. The van der Waals surface area contributed by atoms with Gasteiger partial charge in [-0.05, 0) is 37.8 Å². The van der Waals surface area contributed by atoms with Crippen LogP contribution >= 0.6 is 23.4 Å². The van der Waals surface area contributed by atoms with E-state index in [1.807, 2.05) is 12.3 Å². The fourth-order valence-corrected chi connectivity index (χ4v) is 3.13. The van der Waals surface area contributed by atoms with Crippen LogP contribution in [0.5, 0.6) is 0 Å². The largest absolute Gasteiger partial charge is 0.465 e. The molecule has 0 aromatic heterocycles. The van der Waals surface area contributed by atoms with Gasteiger partial charge in [0.1, 0.15) is 0 Å². The molecule has 0 radical (unpaired) electrons. The molecule has 0 spiro atoms. The summed E-state index contributed by atoms with van der Waals surface area (Å²) in [5.74, 6) is -1.85. The molecule has 1 unspecified atom stereocenters. The third kappa shape index (κ3) is 5.21. The minimum Gasteiger partial charge on any atom is -0.465 e. The van der Waals surface area contributed by atoms with Gasteiger partial charge in [0.15, 0.2) is 5.92 Å². The van der Waals surface area contributed by atoms with Crippen LogP contribution in [-0.2, 0) is 19.1 Å². The second-order valence-electron chi connectivity index (χ2n) is 4.60. The Kier molecular flexibility index (Phi) is 8.35. The standard InChI is InChI=1S/C16H21ClO4S/c1-4-20-15(18)14(16(19)21-5-2)13(10-22-3)11-7-6-8-12(17)9-11/h6-9,13-14H,4-5,10H2,1-3H3. The molecule has 0 amide bonds. The zero-order valence-electron chi connectivity index (χ0n) is 13.0. The van der Waals surface area contributed by atoms with Crippen LogP contribution in [0.1, 0.15) is 25.3 Å². The van der Waals surface area contributed by atoms with Gasteiger partial charge < -0.3 is 9.47 Å². The molecular formula is C16H21ClO4S. The number of rotatable bonds is 8. The summed E-state index contributed by atoms with van der Waals surface area (Å²) < 4.78 is 10.1. The molecule has 22 heavy (non-hydrogen) atoms. The van der Waals surface area contributed by atoms with Gasteiger partial charge in [0.2, 0.25) is 0 Å². The van der Waals surface area contributed by atoms with Crippen molar-refractivity contribution in [2.24, 2.45) is 5.92 Å². The third-order valence-corrected chi connectivity index (χ3v) is 4.03. The second-order valence-corrected chi connectivity index (χ2v) is 5.95. The minimum atomic E-state index is -0.981. The Balaban J connectivity index is 3.18. The lowest BCUT2D eigenvalue weighted by molar-refractivity contribution is -0.162. The summed E-state index contributed by atoms with van der Waals surface area (Å²) >= 11 is 7.59. The molecule has 4 nitrogen and oxygen atoms in total. The van der Waals surface area contributed by atoms with E-state index in [9.17, 15) is 9.59 Å². The van der Waals surface area contributed by atoms with Crippen molar-refractivity contribution in [2.75, 3.05) is 25.2 Å². The number of carbonyl (C=O) groups excluding carboxylic acids is 2. The predicted molar refractivity (Wildman–Crippen MR) is 89.3 cm³/mol. The van der Waals surface area contributed by atoms with Gasteiger partial charge in [0.05, 0.1) is 13.2 Å². The monoisotopic (exact) mass is 344 g/mol. The fraction of sp³-hybridized carbons (Fsp3) is 0.500. The van der Waals surface area contributed by atoms with Gasteiger partial charge in [-0.25, -0.2) is 0 Å². The van der Waals surface area contributed by atoms with E-state index >= 15 is 0 Å². The van der Waals surface area contributed by atoms with Crippen LogP contribution in [-0.4, -0.2) is 37.2 Å². The number of benzene rings is 1. The lowest BCUT2D eigenvalue weighted by Gasteiger charge is -2.24. The molecule has 0 aliphatic rings. The molecule has 0 heterocycles. The molecule has 0 saturated carbocycles. The highest BCUT2D eigenvalue weighted by Crippen LogP contribution is 2.31. The molecule has 0 bridgehead atoms. The number of carbonyl (C=O) groups is 2. The summed E-state index contributed by atoms with van der Waals surface area (Å²) in [5, 5.41) is 0.565. The van der Waals surface area contributed by atoms with Gasteiger partial charge in [-0.15, -0.1) is 0 Å². The van der Waals surface area contributed by atoms with Crippen LogP contribution in [0.3, 0.4) is 0 Å². The predicted octanol–water partition coefficient (Wildman–Crippen LogP) is 3.53. The van der Waals surface area contributed by atoms with Crippen molar-refractivity contribution >= 4 is 35.3 Å². The molecule has 1 aromatic carbocycles. The average Bonchev–Trinajstić information content (AvgIpc) is 2.47. The number of thioether (sulfide) groups is 1. The number of esters is 2. The fourth-order valence-electron chi connectivity index (χ4n) is 2.19. The third-order valence-electron chi connectivity index (χ3n) is 3.11. The van der Waals surface area contributed by atoms with Crippen LogP contribution in [0.4, 0.5) is 0 Å². The summed E-state index contributed by atoms with van der Waals surface area (Å²) in [5.41, 5.74) is 0.827. The lowest BCUT2D eigenvalue weighted by atomic mass is 9.87.